The summed E-state index contributed by atoms with van der Waals surface area (Å²) < 4.78 is 41.4. The van der Waals surface area contributed by atoms with Crippen LogP contribution in [0.2, 0.25) is 0 Å². The van der Waals surface area contributed by atoms with Crippen LogP contribution in [0.1, 0.15) is 0 Å². The summed E-state index contributed by atoms with van der Waals surface area (Å²) in [4.78, 5) is 15.5. The molecule has 0 saturated carbocycles. The largest absolute Gasteiger partial charge is 0.486 e. The molecular weight excluding hydrogens is 380 g/mol. The van der Waals surface area contributed by atoms with Gasteiger partial charge in [-0.15, -0.1) is 0 Å². The van der Waals surface area contributed by atoms with E-state index in [0.717, 1.165) is 0 Å². The second-order valence-corrected chi connectivity index (χ2v) is 6.51. The minimum absolute atomic E-state index is 0.124. The summed E-state index contributed by atoms with van der Waals surface area (Å²) in [6, 6.07) is 13.4. The van der Waals surface area contributed by atoms with Gasteiger partial charge in [0.15, 0.2) is 11.5 Å². The van der Waals surface area contributed by atoms with Crippen molar-refractivity contribution in [3.05, 3.63) is 76.6 Å². The van der Waals surface area contributed by atoms with Crippen LogP contribution in [0.5, 0.6) is 11.5 Å². The molecule has 0 amide bonds. The predicted molar refractivity (Wildman–Crippen MR) is 104 cm³/mol. The first-order chi connectivity index (χ1) is 14.1. The van der Waals surface area contributed by atoms with Crippen LogP contribution in [0.4, 0.5) is 20.3 Å². The lowest BCUT2D eigenvalue weighted by atomic mass is 10.1. The van der Waals surface area contributed by atoms with Crippen molar-refractivity contribution in [3.8, 4) is 22.8 Å². The van der Waals surface area contributed by atoms with Crippen molar-refractivity contribution in [2.24, 2.45) is 0 Å². The molecule has 3 heterocycles. The van der Waals surface area contributed by atoms with E-state index in [2.05, 4.69) is 10.3 Å². The number of hydrogen-bond donors (Lipinski definition) is 2. The first kappa shape index (κ1) is 17.3. The molecule has 29 heavy (non-hydrogen) atoms. The number of pyridine rings is 1. The summed E-state index contributed by atoms with van der Waals surface area (Å²) in [5.74, 6) is -0.110. The molecule has 0 unspecified atom stereocenters. The van der Waals surface area contributed by atoms with E-state index >= 15 is 0 Å². The van der Waals surface area contributed by atoms with Crippen molar-refractivity contribution < 1.29 is 18.3 Å². The number of nitrogens with zero attached hydrogens (tertiary/aromatic N) is 1. The highest BCUT2D eigenvalue weighted by atomic mass is 19.1. The SMILES string of the molecule is O=c1cccc2[nH]c(-c3c(F)cccc3F)c(Nc3ccc4c(c3)OCCO4)n12. The van der Waals surface area contributed by atoms with E-state index in [-0.39, 0.29) is 22.6 Å². The molecule has 1 aliphatic heterocycles. The molecule has 2 N–H and O–H groups in total. The molecule has 8 heteroatoms. The fourth-order valence-electron chi connectivity index (χ4n) is 3.41. The van der Waals surface area contributed by atoms with Crippen molar-refractivity contribution in [1.29, 1.82) is 0 Å². The fourth-order valence-corrected chi connectivity index (χ4v) is 3.41. The number of aromatic nitrogens is 2. The number of ether oxygens (including phenoxy) is 2. The molecule has 6 nitrogen and oxygen atoms in total. The zero-order valence-corrected chi connectivity index (χ0v) is 15.0. The van der Waals surface area contributed by atoms with Crippen LogP contribution < -0.4 is 20.3 Å². The Balaban J connectivity index is 1.71. The van der Waals surface area contributed by atoms with Gasteiger partial charge in [-0.2, -0.15) is 0 Å². The van der Waals surface area contributed by atoms with Crippen molar-refractivity contribution in [2.45, 2.75) is 0 Å². The van der Waals surface area contributed by atoms with E-state index in [9.17, 15) is 13.6 Å². The standard InChI is InChI=1S/C21H15F2N3O3/c22-13-3-1-4-14(23)19(13)20-21(26-17(25-20)5-2-6-18(26)27)24-12-7-8-15-16(11-12)29-10-9-28-15/h1-8,11,24-25H,9-10H2. The average molecular weight is 395 g/mol. The molecule has 2 aromatic heterocycles. The van der Waals surface area contributed by atoms with E-state index in [1.807, 2.05) is 0 Å². The van der Waals surface area contributed by atoms with Crippen LogP contribution in [0.25, 0.3) is 16.9 Å². The summed E-state index contributed by atoms with van der Waals surface area (Å²) in [5, 5.41) is 3.10. The van der Waals surface area contributed by atoms with Gasteiger partial charge in [0.1, 0.15) is 36.3 Å². The molecule has 0 spiro atoms. The molecule has 0 aliphatic carbocycles. The molecule has 0 atom stereocenters. The van der Waals surface area contributed by atoms with Gasteiger partial charge in [0.05, 0.1) is 11.3 Å². The lowest BCUT2D eigenvalue weighted by Crippen LogP contribution is -2.15. The number of hydrogen-bond acceptors (Lipinski definition) is 4. The van der Waals surface area contributed by atoms with Crippen molar-refractivity contribution in [3.63, 3.8) is 0 Å². The van der Waals surface area contributed by atoms with Crippen molar-refractivity contribution in [1.82, 2.24) is 9.38 Å². The number of halogens is 2. The summed E-state index contributed by atoms with van der Waals surface area (Å²) in [6.45, 7) is 0.892. The Hall–Kier alpha value is -3.81. The van der Waals surface area contributed by atoms with Gasteiger partial charge in [-0.25, -0.2) is 13.2 Å². The highest BCUT2D eigenvalue weighted by Crippen LogP contribution is 2.37. The molecular formula is C21H15F2N3O3. The number of rotatable bonds is 3. The van der Waals surface area contributed by atoms with E-state index in [1.54, 1.807) is 30.3 Å². The summed E-state index contributed by atoms with van der Waals surface area (Å²) in [6.07, 6.45) is 0. The van der Waals surface area contributed by atoms with Gasteiger partial charge in [-0.05, 0) is 30.3 Å². The number of aromatic amines is 1. The third-order valence-corrected chi connectivity index (χ3v) is 4.69. The zero-order valence-electron chi connectivity index (χ0n) is 15.0. The van der Waals surface area contributed by atoms with Crippen molar-refractivity contribution in [2.75, 3.05) is 18.5 Å². The quantitative estimate of drug-likeness (QED) is 0.548. The maximum Gasteiger partial charge on any atom is 0.257 e. The number of benzene rings is 2. The van der Waals surface area contributed by atoms with Gasteiger partial charge in [0.25, 0.3) is 5.56 Å². The molecule has 2 aromatic carbocycles. The number of anilines is 2. The Morgan fingerprint density at radius 2 is 1.66 bits per heavy atom. The molecule has 0 fully saturated rings. The Kier molecular flexibility index (Phi) is 3.97. The van der Waals surface area contributed by atoms with E-state index in [1.165, 1.54) is 28.7 Å². The highest BCUT2D eigenvalue weighted by molar-refractivity contribution is 5.80. The Bertz CT molecular complexity index is 1280. The summed E-state index contributed by atoms with van der Waals surface area (Å²) in [5.41, 5.74) is 0.496. The normalized spacial score (nSPS) is 12.9. The maximum absolute atomic E-state index is 14.5. The molecule has 5 rings (SSSR count). The predicted octanol–water partition coefficient (Wildman–Crippen LogP) is 4.09. The Labute approximate surface area is 163 Å². The molecule has 0 saturated heterocycles. The van der Waals surface area contributed by atoms with E-state index in [4.69, 9.17) is 9.47 Å². The summed E-state index contributed by atoms with van der Waals surface area (Å²) in [7, 11) is 0. The molecule has 146 valence electrons. The highest BCUT2D eigenvalue weighted by Gasteiger charge is 2.21. The Morgan fingerprint density at radius 1 is 0.931 bits per heavy atom. The fraction of sp³-hybridized carbons (Fsp3) is 0.0952. The first-order valence-electron chi connectivity index (χ1n) is 8.96. The van der Waals surface area contributed by atoms with Crippen LogP contribution in [0.3, 0.4) is 0 Å². The topological polar surface area (TPSA) is 67.8 Å². The third kappa shape index (κ3) is 2.89. The van der Waals surface area contributed by atoms with Gasteiger partial charge >= 0.3 is 0 Å². The molecule has 1 aliphatic rings. The minimum atomic E-state index is -0.741. The van der Waals surface area contributed by atoms with Crippen molar-refractivity contribution >= 4 is 17.2 Å². The monoisotopic (exact) mass is 395 g/mol. The van der Waals surface area contributed by atoms with E-state index in [0.29, 0.717) is 36.0 Å². The smallest absolute Gasteiger partial charge is 0.257 e. The number of imidazole rings is 1. The second-order valence-electron chi connectivity index (χ2n) is 6.51. The number of fused-ring (bicyclic) bond motifs is 2. The van der Waals surface area contributed by atoms with Gasteiger partial charge in [0, 0.05) is 17.8 Å². The van der Waals surface area contributed by atoms with Gasteiger partial charge in [0.2, 0.25) is 0 Å². The average Bonchev–Trinajstić information content (AvgIpc) is 3.07. The number of nitrogens with one attached hydrogen (secondary N) is 2. The lowest BCUT2D eigenvalue weighted by Gasteiger charge is -2.19. The van der Waals surface area contributed by atoms with Gasteiger partial charge in [-0.3, -0.25) is 4.79 Å². The lowest BCUT2D eigenvalue weighted by molar-refractivity contribution is 0.171. The second kappa shape index (κ2) is 6.66. The molecule has 0 radical (unpaired) electrons. The third-order valence-electron chi connectivity index (χ3n) is 4.69. The summed E-state index contributed by atoms with van der Waals surface area (Å²) >= 11 is 0. The minimum Gasteiger partial charge on any atom is -0.486 e. The van der Waals surface area contributed by atoms with E-state index < -0.39 is 11.6 Å². The maximum atomic E-state index is 14.5. The van der Waals surface area contributed by atoms with Gasteiger partial charge < -0.3 is 19.8 Å². The molecule has 4 aromatic rings. The first-order valence-corrected chi connectivity index (χ1v) is 8.96. The van der Waals surface area contributed by atoms with Crippen LogP contribution in [-0.4, -0.2) is 22.6 Å². The van der Waals surface area contributed by atoms with Crippen LogP contribution in [0.15, 0.2) is 59.4 Å². The van der Waals surface area contributed by atoms with Crippen LogP contribution in [-0.2, 0) is 0 Å². The van der Waals surface area contributed by atoms with Crippen LogP contribution >= 0.6 is 0 Å². The van der Waals surface area contributed by atoms with Gasteiger partial charge in [-0.1, -0.05) is 12.1 Å². The number of H-pyrrole nitrogens is 1. The van der Waals surface area contributed by atoms with Crippen LogP contribution in [0, 0.1) is 11.6 Å². The Morgan fingerprint density at radius 3 is 2.45 bits per heavy atom. The molecule has 0 bridgehead atoms. The zero-order chi connectivity index (χ0) is 20.0.